The van der Waals surface area contributed by atoms with Crippen molar-refractivity contribution in [1.29, 1.82) is 0 Å². The van der Waals surface area contributed by atoms with Crippen LogP contribution in [0, 0.1) is 5.92 Å². The fourth-order valence-corrected chi connectivity index (χ4v) is 1.96. The average molecular weight is 314 g/mol. The molecular formula is C12H18N4O4S. The summed E-state index contributed by atoms with van der Waals surface area (Å²) in [7, 11) is 0. The number of aromatic nitrogens is 1. The Morgan fingerprint density at radius 3 is 2.57 bits per heavy atom. The van der Waals surface area contributed by atoms with Gasteiger partial charge >= 0.3 is 12.0 Å². The quantitative estimate of drug-likeness (QED) is 0.581. The van der Waals surface area contributed by atoms with Crippen LogP contribution < -0.4 is 16.0 Å². The zero-order valence-corrected chi connectivity index (χ0v) is 12.6. The number of hydrogen-bond donors (Lipinski definition) is 4. The molecular weight excluding hydrogens is 296 g/mol. The van der Waals surface area contributed by atoms with Crippen LogP contribution in [-0.4, -0.2) is 41.1 Å². The maximum Gasteiger partial charge on any atom is 0.355 e. The molecule has 0 fully saturated rings. The first-order valence-corrected chi connectivity index (χ1v) is 7.22. The molecule has 3 amide bonds. The Morgan fingerprint density at radius 2 is 2.00 bits per heavy atom. The molecule has 8 nitrogen and oxygen atoms in total. The molecule has 0 saturated carbocycles. The van der Waals surface area contributed by atoms with E-state index in [-0.39, 0.29) is 24.7 Å². The molecule has 116 valence electrons. The number of carbonyl (C=O) groups is 3. The first-order chi connectivity index (χ1) is 9.88. The first-order valence-electron chi connectivity index (χ1n) is 6.34. The summed E-state index contributed by atoms with van der Waals surface area (Å²) in [5.74, 6) is -1.03. The molecule has 4 N–H and O–H groups in total. The lowest BCUT2D eigenvalue weighted by atomic mass is 10.2. The van der Waals surface area contributed by atoms with E-state index in [2.05, 4.69) is 20.9 Å². The van der Waals surface area contributed by atoms with Gasteiger partial charge < -0.3 is 21.1 Å². The van der Waals surface area contributed by atoms with Crippen LogP contribution in [0.3, 0.4) is 0 Å². The molecule has 0 radical (unpaired) electrons. The summed E-state index contributed by atoms with van der Waals surface area (Å²) < 4.78 is 0. The van der Waals surface area contributed by atoms with Crippen molar-refractivity contribution in [2.75, 3.05) is 13.1 Å². The molecule has 0 aliphatic carbocycles. The van der Waals surface area contributed by atoms with Crippen LogP contribution in [0.1, 0.15) is 29.3 Å². The van der Waals surface area contributed by atoms with Crippen molar-refractivity contribution >= 4 is 29.2 Å². The minimum absolute atomic E-state index is 0.0507. The van der Waals surface area contributed by atoms with Gasteiger partial charge in [0.25, 0.3) is 0 Å². The molecule has 1 aromatic heterocycles. The number of carboxylic acids is 1. The monoisotopic (exact) mass is 314 g/mol. The van der Waals surface area contributed by atoms with Crippen molar-refractivity contribution in [3.63, 3.8) is 0 Å². The summed E-state index contributed by atoms with van der Waals surface area (Å²) in [5.41, 5.74) is -0.0507. The molecule has 0 unspecified atom stereocenters. The summed E-state index contributed by atoms with van der Waals surface area (Å²) in [5, 5.41) is 18.2. The van der Waals surface area contributed by atoms with Crippen LogP contribution in [0.25, 0.3) is 0 Å². The summed E-state index contributed by atoms with van der Waals surface area (Å²) >= 11 is 1.14. The number of rotatable bonds is 7. The second-order valence-corrected chi connectivity index (χ2v) is 5.61. The second kappa shape index (κ2) is 8.20. The lowest BCUT2D eigenvalue weighted by molar-refractivity contribution is -0.120. The topological polar surface area (TPSA) is 120 Å². The molecule has 0 spiro atoms. The highest BCUT2D eigenvalue weighted by Crippen LogP contribution is 2.08. The smallest absolute Gasteiger partial charge is 0.355 e. The van der Waals surface area contributed by atoms with Gasteiger partial charge in [0.1, 0.15) is 5.01 Å². The Kier molecular flexibility index (Phi) is 6.60. The minimum atomic E-state index is -1.11. The van der Waals surface area contributed by atoms with Gasteiger partial charge in [0.15, 0.2) is 5.69 Å². The molecule has 1 heterocycles. The molecule has 9 heteroatoms. The standard InChI is InChI=1S/C12H18N4O4S/c1-7(2)3-13-9(17)4-14-12(20)15-5-10-16-8(6-21-10)11(18)19/h6-7H,3-5H2,1-2H3,(H,13,17)(H,18,19)(H2,14,15,20). The molecule has 1 aromatic rings. The van der Waals surface area contributed by atoms with Gasteiger partial charge in [-0.2, -0.15) is 0 Å². The first kappa shape index (κ1) is 16.9. The van der Waals surface area contributed by atoms with Gasteiger partial charge in [-0.15, -0.1) is 11.3 Å². The SMILES string of the molecule is CC(C)CNC(=O)CNC(=O)NCc1nc(C(=O)O)cs1. The fourth-order valence-electron chi connectivity index (χ4n) is 1.25. The third-order valence-corrected chi connectivity index (χ3v) is 3.14. The maximum atomic E-state index is 11.5. The Morgan fingerprint density at radius 1 is 1.29 bits per heavy atom. The molecule has 0 aliphatic heterocycles. The highest BCUT2D eigenvalue weighted by atomic mass is 32.1. The Hall–Kier alpha value is -2.16. The van der Waals surface area contributed by atoms with Crippen LogP contribution in [0.5, 0.6) is 0 Å². The summed E-state index contributed by atoms with van der Waals surface area (Å²) in [4.78, 5) is 37.3. The van der Waals surface area contributed by atoms with E-state index in [1.54, 1.807) is 0 Å². The number of urea groups is 1. The number of amides is 3. The van der Waals surface area contributed by atoms with E-state index in [0.29, 0.717) is 17.5 Å². The zero-order chi connectivity index (χ0) is 15.8. The van der Waals surface area contributed by atoms with Gasteiger partial charge in [0.2, 0.25) is 5.91 Å². The predicted octanol–water partition coefficient (Wildman–Crippen LogP) is 0.413. The van der Waals surface area contributed by atoms with Crippen molar-refractivity contribution in [1.82, 2.24) is 20.9 Å². The number of carboxylic acid groups (broad SMARTS) is 1. The molecule has 0 aliphatic rings. The second-order valence-electron chi connectivity index (χ2n) is 4.67. The molecule has 21 heavy (non-hydrogen) atoms. The van der Waals surface area contributed by atoms with Crippen LogP contribution in [0.15, 0.2) is 5.38 Å². The van der Waals surface area contributed by atoms with E-state index < -0.39 is 12.0 Å². The largest absolute Gasteiger partial charge is 0.476 e. The average Bonchev–Trinajstić information content (AvgIpc) is 2.89. The number of nitrogens with one attached hydrogen (secondary N) is 3. The van der Waals surface area contributed by atoms with E-state index in [0.717, 1.165) is 11.3 Å². The molecule has 0 atom stereocenters. The highest BCUT2D eigenvalue weighted by Gasteiger charge is 2.10. The van der Waals surface area contributed by atoms with Crippen LogP contribution in [0.2, 0.25) is 0 Å². The van der Waals surface area contributed by atoms with Gasteiger partial charge in [0.05, 0.1) is 13.1 Å². The van der Waals surface area contributed by atoms with Crippen LogP contribution >= 0.6 is 11.3 Å². The highest BCUT2D eigenvalue weighted by molar-refractivity contribution is 7.09. The summed E-state index contributed by atoms with van der Waals surface area (Å²) in [6, 6.07) is -0.512. The van der Waals surface area contributed by atoms with Gasteiger partial charge in [-0.05, 0) is 5.92 Å². The molecule has 0 saturated heterocycles. The Balaban J connectivity index is 2.24. The minimum Gasteiger partial charge on any atom is -0.476 e. The number of hydrogen-bond acceptors (Lipinski definition) is 5. The summed E-state index contributed by atoms with van der Waals surface area (Å²) in [6.07, 6.45) is 0. The van der Waals surface area contributed by atoms with E-state index in [1.165, 1.54) is 5.38 Å². The van der Waals surface area contributed by atoms with Gasteiger partial charge in [-0.3, -0.25) is 4.79 Å². The van der Waals surface area contributed by atoms with Crippen molar-refractivity contribution in [3.05, 3.63) is 16.1 Å². The van der Waals surface area contributed by atoms with E-state index in [4.69, 9.17) is 5.11 Å². The fraction of sp³-hybridized carbons (Fsp3) is 0.500. The van der Waals surface area contributed by atoms with Crippen molar-refractivity contribution in [2.45, 2.75) is 20.4 Å². The number of nitrogens with zero attached hydrogens (tertiary/aromatic N) is 1. The van der Waals surface area contributed by atoms with E-state index >= 15 is 0 Å². The van der Waals surface area contributed by atoms with Gasteiger partial charge in [-0.1, -0.05) is 13.8 Å². The Bertz CT molecular complexity index is 515. The number of thiazole rings is 1. The van der Waals surface area contributed by atoms with Crippen molar-refractivity contribution in [3.8, 4) is 0 Å². The zero-order valence-electron chi connectivity index (χ0n) is 11.8. The van der Waals surface area contributed by atoms with Crippen molar-refractivity contribution in [2.24, 2.45) is 5.92 Å². The lowest BCUT2D eigenvalue weighted by Gasteiger charge is -2.09. The third-order valence-electron chi connectivity index (χ3n) is 2.29. The maximum absolute atomic E-state index is 11.5. The van der Waals surface area contributed by atoms with E-state index in [1.807, 2.05) is 13.8 Å². The number of carbonyl (C=O) groups excluding carboxylic acids is 2. The van der Waals surface area contributed by atoms with E-state index in [9.17, 15) is 14.4 Å². The van der Waals surface area contributed by atoms with Crippen molar-refractivity contribution < 1.29 is 19.5 Å². The Labute approximate surface area is 126 Å². The molecule has 0 aromatic carbocycles. The predicted molar refractivity (Wildman–Crippen MR) is 77.2 cm³/mol. The normalized spacial score (nSPS) is 10.2. The van der Waals surface area contributed by atoms with Gasteiger partial charge in [-0.25, -0.2) is 14.6 Å². The van der Waals surface area contributed by atoms with Gasteiger partial charge in [0, 0.05) is 11.9 Å². The molecule has 0 bridgehead atoms. The third kappa shape index (κ3) is 6.70. The summed E-state index contributed by atoms with van der Waals surface area (Å²) in [6.45, 7) is 4.49. The van der Waals surface area contributed by atoms with Crippen LogP contribution in [0.4, 0.5) is 4.79 Å². The van der Waals surface area contributed by atoms with Crippen LogP contribution in [-0.2, 0) is 11.3 Å². The number of aromatic carboxylic acids is 1. The lowest BCUT2D eigenvalue weighted by Crippen LogP contribution is -2.42. The molecule has 1 rings (SSSR count).